The molecule has 1 aliphatic rings. The summed E-state index contributed by atoms with van der Waals surface area (Å²) in [6.07, 6.45) is -6.70. The van der Waals surface area contributed by atoms with Crippen LogP contribution < -0.4 is 10.1 Å². The normalized spacial score (nSPS) is 16.6. The molecule has 1 aliphatic heterocycles. The van der Waals surface area contributed by atoms with Crippen molar-refractivity contribution in [2.75, 3.05) is 6.54 Å². The molecule has 0 bridgehead atoms. The summed E-state index contributed by atoms with van der Waals surface area (Å²) in [6, 6.07) is 19.2. The number of aliphatic hydroxyl groups is 1. The molecule has 244 valence electrons. The third kappa shape index (κ3) is 8.67. The van der Waals surface area contributed by atoms with E-state index in [-0.39, 0.29) is 24.6 Å². The summed E-state index contributed by atoms with van der Waals surface area (Å²) in [7, 11) is 0. The van der Waals surface area contributed by atoms with Crippen molar-refractivity contribution >= 4 is 35.0 Å². The number of amides is 3. The summed E-state index contributed by atoms with van der Waals surface area (Å²) >= 11 is 6.07. The Morgan fingerprint density at radius 3 is 2.30 bits per heavy atom. The summed E-state index contributed by atoms with van der Waals surface area (Å²) in [5, 5.41) is 13.0. The molecule has 3 atom stereocenters. The maximum absolute atomic E-state index is 13.9. The van der Waals surface area contributed by atoms with Crippen molar-refractivity contribution in [1.29, 1.82) is 0 Å². The fourth-order valence-corrected chi connectivity index (χ4v) is 5.45. The van der Waals surface area contributed by atoms with E-state index < -0.39 is 48.6 Å². The first-order chi connectivity index (χ1) is 21.7. The molecule has 0 spiro atoms. The van der Waals surface area contributed by atoms with Crippen molar-refractivity contribution in [2.24, 2.45) is 5.92 Å². The van der Waals surface area contributed by atoms with Gasteiger partial charge in [-0.25, -0.2) is 0 Å². The number of nitrogens with one attached hydrogen (secondary N) is 1. The van der Waals surface area contributed by atoms with Gasteiger partial charge in [-0.05, 0) is 47.7 Å². The topological polar surface area (TPSA) is 99.2 Å². The fourth-order valence-electron chi connectivity index (χ4n) is 5.24. The number of hydrogen-bond donors (Lipinski definition) is 2. The highest BCUT2D eigenvalue weighted by Crippen LogP contribution is 2.32. The molecule has 0 aliphatic carbocycles. The highest BCUT2D eigenvalue weighted by molar-refractivity contribution is 6.30. The quantitative estimate of drug-likeness (QED) is 0.281. The molecular weight excluding hydrogens is 623 g/mol. The van der Waals surface area contributed by atoms with Crippen molar-refractivity contribution < 1.29 is 37.4 Å². The Morgan fingerprint density at radius 1 is 1.00 bits per heavy atom. The minimum atomic E-state index is -5.00. The highest BCUT2D eigenvalue weighted by atomic mass is 35.5. The van der Waals surface area contributed by atoms with Gasteiger partial charge >= 0.3 is 6.18 Å². The van der Waals surface area contributed by atoms with Crippen LogP contribution in [-0.2, 0) is 27.4 Å². The van der Waals surface area contributed by atoms with Crippen molar-refractivity contribution in [1.82, 2.24) is 15.1 Å². The minimum absolute atomic E-state index is 0.177. The van der Waals surface area contributed by atoms with Gasteiger partial charge in [0.25, 0.3) is 5.91 Å². The number of carbonyl (C=O) groups excluding carboxylic acids is 3. The fraction of sp³-hybridized carbons (Fsp3) is 0.324. The third-order valence-electron chi connectivity index (χ3n) is 7.45. The van der Waals surface area contributed by atoms with E-state index in [1.54, 1.807) is 86.6 Å². The standard InChI is InChI=1S/C34H35ClF3N3O5/c1-21(2)31-33(45)41(19-30(43)39-28(32(44)34(36,37)38)16-23-9-5-4-6-10-23)29(18-40(31)22(3)42)25-12-8-14-27(17-25)46-20-24-11-7-13-26(35)15-24/h4-15,17-18,21,28,31-32,44H,16,19-20H2,1-3H3,(H,39,43)/t28?,31-,32?/m1/s1. The number of hydrogen-bond acceptors (Lipinski definition) is 5. The number of carbonyl (C=O) groups is 3. The second-order valence-electron chi connectivity index (χ2n) is 11.4. The Kier molecular flexibility index (Phi) is 11.1. The van der Waals surface area contributed by atoms with Gasteiger partial charge in [-0.15, -0.1) is 0 Å². The van der Waals surface area contributed by atoms with Gasteiger partial charge in [0.2, 0.25) is 11.8 Å². The number of halogens is 4. The van der Waals surface area contributed by atoms with Gasteiger partial charge < -0.3 is 20.1 Å². The van der Waals surface area contributed by atoms with E-state index in [1.165, 1.54) is 18.0 Å². The molecule has 3 aromatic rings. The molecule has 4 rings (SSSR count). The number of ether oxygens (including phenoxy) is 1. The Balaban J connectivity index is 1.65. The molecule has 0 aromatic heterocycles. The van der Waals surface area contributed by atoms with Crippen LogP contribution >= 0.6 is 11.6 Å². The molecule has 0 saturated heterocycles. The van der Waals surface area contributed by atoms with Crippen molar-refractivity contribution in [3.05, 3.63) is 107 Å². The van der Waals surface area contributed by atoms with Gasteiger partial charge in [-0.3, -0.25) is 19.3 Å². The number of alkyl halides is 3. The zero-order valence-corrected chi connectivity index (χ0v) is 26.3. The number of benzene rings is 3. The molecule has 12 heteroatoms. The number of nitrogens with zero attached hydrogens (tertiary/aromatic N) is 2. The lowest BCUT2D eigenvalue weighted by molar-refractivity contribution is -0.212. The Morgan fingerprint density at radius 2 is 1.67 bits per heavy atom. The zero-order valence-electron chi connectivity index (χ0n) is 25.5. The summed E-state index contributed by atoms with van der Waals surface area (Å²) in [4.78, 5) is 42.4. The van der Waals surface area contributed by atoms with Crippen LogP contribution in [0.5, 0.6) is 5.75 Å². The van der Waals surface area contributed by atoms with E-state index in [0.29, 0.717) is 21.9 Å². The Bertz CT molecular complexity index is 1580. The number of aliphatic hydroxyl groups excluding tert-OH is 1. The van der Waals surface area contributed by atoms with Crippen LogP contribution in [0.4, 0.5) is 13.2 Å². The molecular formula is C34H35ClF3N3O5. The van der Waals surface area contributed by atoms with Crippen LogP contribution in [0.3, 0.4) is 0 Å². The second kappa shape index (κ2) is 14.8. The van der Waals surface area contributed by atoms with Crippen LogP contribution in [-0.4, -0.2) is 63.5 Å². The van der Waals surface area contributed by atoms with Gasteiger partial charge in [0.05, 0.1) is 11.7 Å². The smallest absolute Gasteiger partial charge is 0.416 e. The Labute approximate surface area is 270 Å². The van der Waals surface area contributed by atoms with E-state index in [0.717, 1.165) is 10.5 Å². The van der Waals surface area contributed by atoms with Crippen LogP contribution in [0.2, 0.25) is 5.02 Å². The zero-order chi connectivity index (χ0) is 33.6. The molecule has 2 unspecified atom stereocenters. The van der Waals surface area contributed by atoms with E-state index in [2.05, 4.69) is 5.32 Å². The van der Waals surface area contributed by atoms with Gasteiger partial charge in [0.15, 0.2) is 6.10 Å². The largest absolute Gasteiger partial charge is 0.489 e. The molecule has 1 heterocycles. The van der Waals surface area contributed by atoms with Gasteiger partial charge in [0.1, 0.15) is 24.9 Å². The molecule has 8 nitrogen and oxygen atoms in total. The van der Waals surface area contributed by atoms with Crippen LogP contribution in [0.25, 0.3) is 5.70 Å². The van der Waals surface area contributed by atoms with Crippen LogP contribution in [0.1, 0.15) is 37.5 Å². The van der Waals surface area contributed by atoms with Crippen LogP contribution in [0.15, 0.2) is 85.1 Å². The van der Waals surface area contributed by atoms with Crippen LogP contribution in [0, 0.1) is 5.92 Å². The van der Waals surface area contributed by atoms with E-state index in [1.807, 2.05) is 6.07 Å². The van der Waals surface area contributed by atoms with E-state index in [4.69, 9.17) is 16.3 Å². The minimum Gasteiger partial charge on any atom is -0.489 e. The number of rotatable bonds is 11. The van der Waals surface area contributed by atoms with E-state index in [9.17, 15) is 32.7 Å². The lowest BCUT2D eigenvalue weighted by atomic mass is 9.96. The first-order valence-electron chi connectivity index (χ1n) is 14.6. The monoisotopic (exact) mass is 657 g/mol. The predicted octanol–water partition coefficient (Wildman–Crippen LogP) is 5.58. The van der Waals surface area contributed by atoms with Gasteiger partial charge in [-0.1, -0.05) is 80.0 Å². The molecule has 0 saturated carbocycles. The van der Waals surface area contributed by atoms with E-state index >= 15 is 0 Å². The third-order valence-corrected chi connectivity index (χ3v) is 7.69. The highest BCUT2D eigenvalue weighted by Gasteiger charge is 2.45. The lowest BCUT2D eigenvalue weighted by Gasteiger charge is -2.41. The lowest BCUT2D eigenvalue weighted by Crippen LogP contribution is -2.57. The van der Waals surface area contributed by atoms with Crippen molar-refractivity contribution in [3.63, 3.8) is 0 Å². The predicted molar refractivity (Wildman–Crippen MR) is 167 cm³/mol. The SMILES string of the molecule is CC(=O)N1C=C(c2cccc(OCc3cccc(Cl)c3)c2)N(CC(=O)NC(Cc2ccccc2)C(O)C(F)(F)F)C(=O)[C@H]1C(C)C. The van der Waals surface area contributed by atoms with Crippen molar-refractivity contribution in [2.45, 2.75) is 58.2 Å². The maximum atomic E-state index is 13.9. The summed E-state index contributed by atoms with van der Waals surface area (Å²) in [5.41, 5.74) is 1.89. The second-order valence-corrected chi connectivity index (χ2v) is 11.8. The molecule has 2 N–H and O–H groups in total. The molecule has 0 fully saturated rings. The van der Waals surface area contributed by atoms with Gasteiger partial charge in [-0.2, -0.15) is 13.2 Å². The van der Waals surface area contributed by atoms with Gasteiger partial charge in [0, 0.05) is 23.7 Å². The summed E-state index contributed by atoms with van der Waals surface area (Å²) in [6.45, 7) is 4.33. The summed E-state index contributed by atoms with van der Waals surface area (Å²) in [5.74, 6) is -1.84. The maximum Gasteiger partial charge on any atom is 0.416 e. The first kappa shape index (κ1) is 34.5. The molecule has 3 amide bonds. The first-order valence-corrected chi connectivity index (χ1v) is 15.0. The molecule has 0 radical (unpaired) electrons. The summed E-state index contributed by atoms with van der Waals surface area (Å²) < 4.78 is 46.8. The van der Waals surface area contributed by atoms with Crippen molar-refractivity contribution in [3.8, 4) is 5.75 Å². The average molecular weight is 658 g/mol. The Hall–Kier alpha value is -4.35. The molecule has 46 heavy (non-hydrogen) atoms. The molecule has 3 aromatic carbocycles. The average Bonchev–Trinajstić information content (AvgIpc) is 3.00.